The molecule has 0 aliphatic heterocycles. The fraction of sp³-hybridized carbons (Fsp3) is 0.235. The molecule has 0 aliphatic carbocycles. The number of thioether (sulfide) groups is 1. The molecule has 2 rings (SSSR count). The highest BCUT2D eigenvalue weighted by Gasteiger charge is 2.15. The van der Waals surface area contributed by atoms with Crippen LogP contribution in [-0.4, -0.2) is 18.3 Å². The van der Waals surface area contributed by atoms with Crippen LogP contribution in [0.4, 0.5) is 0 Å². The van der Waals surface area contributed by atoms with Crippen LogP contribution in [0.2, 0.25) is 0 Å². The second-order valence-electron chi connectivity index (χ2n) is 4.75. The largest absolute Gasteiger partial charge is 0.460 e. The minimum Gasteiger partial charge on any atom is -0.460 e. The summed E-state index contributed by atoms with van der Waals surface area (Å²) >= 11 is 1.69. The van der Waals surface area contributed by atoms with Gasteiger partial charge in [-0.05, 0) is 35.9 Å². The van der Waals surface area contributed by atoms with Gasteiger partial charge in [0.1, 0.15) is 12.6 Å². The molecule has 0 saturated carbocycles. The number of carbonyl (C=O) groups is 1. The van der Waals surface area contributed by atoms with E-state index in [1.807, 2.05) is 60.9 Å². The summed E-state index contributed by atoms with van der Waals surface area (Å²) in [6.07, 6.45) is 2.52. The molecule has 2 N–H and O–H groups in total. The summed E-state index contributed by atoms with van der Waals surface area (Å²) in [6.45, 7) is 0.263. The quantitative estimate of drug-likeness (QED) is 0.658. The molecule has 110 valence electrons. The highest BCUT2D eigenvalue weighted by atomic mass is 32.2. The van der Waals surface area contributed by atoms with E-state index in [-0.39, 0.29) is 12.6 Å². The summed E-state index contributed by atoms with van der Waals surface area (Å²) < 4.78 is 5.24. The van der Waals surface area contributed by atoms with E-state index >= 15 is 0 Å². The van der Waals surface area contributed by atoms with Crippen molar-refractivity contribution in [1.29, 1.82) is 0 Å². The Labute approximate surface area is 129 Å². The molecule has 0 spiro atoms. The van der Waals surface area contributed by atoms with Gasteiger partial charge in [-0.3, -0.25) is 4.79 Å². The molecule has 3 nitrogen and oxygen atoms in total. The molecule has 0 heterocycles. The van der Waals surface area contributed by atoms with Gasteiger partial charge in [0, 0.05) is 4.90 Å². The topological polar surface area (TPSA) is 52.3 Å². The SMILES string of the molecule is CSc1ccc(CC(N)C(=O)OCc2ccccc2)cc1. The Morgan fingerprint density at radius 3 is 2.38 bits per heavy atom. The van der Waals surface area contributed by atoms with Crippen molar-refractivity contribution in [2.75, 3.05) is 6.26 Å². The Kier molecular flexibility index (Phi) is 5.84. The maximum atomic E-state index is 11.9. The lowest BCUT2D eigenvalue weighted by atomic mass is 10.1. The predicted molar refractivity (Wildman–Crippen MR) is 86.1 cm³/mol. The second-order valence-corrected chi connectivity index (χ2v) is 5.63. The standard InChI is InChI=1S/C17H19NO2S/c1-21-15-9-7-13(8-10-15)11-16(18)17(19)20-12-14-5-3-2-4-6-14/h2-10,16H,11-12,18H2,1H3. The first-order chi connectivity index (χ1) is 10.2. The Hall–Kier alpha value is -1.78. The molecule has 4 heteroatoms. The summed E-state index contributed by atoms with van der Waals surface area (Å²) in [5.41, 5.74) is 7.90. The zero-order valence-corrected chi connectivity index (χ0v) is 12.8. The average Bonchev–Trinajstić information content (AvgIpc) is 2.54. The van der Waals surface area contributed by atoms with E-state index in [9.17, 15) is 4.79 Å². The smallest absolute Gasteiger partial charge is 0.323 e. The number of hydrogen-bond acceptors (Lipinski definition) is 4. The molecule has 0 bridgehead atoms. The first-order valence-electron chi connectivity index (χ1n) is 6.78. The van der Waals surface area contributed by atoms with E-state index in [1.54, 1.807) is 11.8 Å². The van der Waals surface area contributed by atoms with Crippen molar-refractivity contribution in [3.63, 3.8) is 0 Å². The van der Waals surface area contributed by atoms with Crippen molar-refractivity contribution in [2.45, 2.75) is 24.0 Å². The van der Waals surface area contributed by atoms with Gasteiger partial charge in [0.2, 0.25) is 0 Å². The molecule has 2 aromatic rings. The van der Waals surface area contributed by atoms with Crippen LogP contribution in [0, 0.1) is 0 Å². The molecule has 21 heavy (non-hydrogen) atoms. The van der Waals surface area contributed by atoms with Crippen LogP contribution in [0.15, 0.2) is 59.5 Å². The first-order valence-corrected chi connectivity index (χ1v) is 8.00. The summed E-state index contributed by atoms with van der Waals surface area (Å²) in [5.74, 6) is -0.368. The number of benzene rings is 2. The molecule has 1 atom stereocenters. The Bertz CT molecular complexity index is 569. The van der Waals surface area contributed by atoms with Gasteiger partial charge in [-0.15, -0.1) is 11.8 Å². The van der Waals surface area contributed by atoms with Crippen LogP contribution in [0.5, 0.6) is 0 Å². The summed E-state index contributed by atoms with van der Waals surface area (Å²) in [5, 5.41) is 0. The number of ether oxygens (including phenoxy) is 1. The molecule has 0 aliphatic rings. The lowest BCUT2D eigenvalue weighted by Gasteiger charge is -2.12. The van der Waals surface area contributed by atoms with Crippen molar-refractivity contribution >= 4 is 17.7 Å². The Morgan fingerprint density at radius 1 is 1.10 bits per heavy atom. The van der Waals surface area contributed by atoms with Gasteiger partial charge < -0.3 is 10.5 Å². The van der Waals surface area contributed by atoms with Gasteiger partial charge in [-0.1, -0.05) is 42.5 Å². The summed E-state index contributed by atoms with van der Waals surface area (Å²) in [4.78, 5) is 13.1. The number of hydrogen-bond donors (Lipinski definition) is 1. The maximum absolute atomic E-state index is 11.9. The highest BCUT2D eigenvalue weighted by Crippen LogP contribution is 2.15. The lowest BCUT2D eigenvalue weighted by molar-refractivity contribution is -0.146. The van der Waals surface area contributed by atoms with Crippen LogP contribution < -0.4 is 5.73 Å². The number of carbonyl (C=O) groups excluding carboxylic acids is 1. The lowest BCUT2D eigenvalue weighted by Crippen LogP contribution is -2.34. The third-order valence-corrected chi connectivity index (χ3v) is 3.88. The van der Waals surface area contributed by atoms with Crippen molar-refractivity contribution in [3.05, 3.63) is 65.7 Å². The van der Waals surface area contributed by atoms with Gasteiger partial charge >= 0.3 is 5.97 Å². The summed E-state index contributed by atoms with van der Waals surface area (Å²) in [7, 11) is 0. The third kappa shape index (κ3) is 4.92. The number of nitrogens with two attached hydrogens (primary N) is 1. The Morgan fingerprint density at radius 2 is 1.76 bits per heavy atom. The average molecular weight is 301 g/mol. The van der Waals surface area contributed by atoms with Gasteiger partial charge in [0.15, 0.2) is 0 Å². The predicted octanol–water partition coefficient (Wildman–Crippen LogP) is 3.02. The van der Waals surface area contributed by atoms with Crippen LogP contribution in [0.1, 0.15) is 11.1 Å². The molecular weight excluding hydrogens is 282 g/mol. The number of rotatable bonds is 6. The Balaban J connectivity index is 1.84. The minimum atomic E-state index is -0.631. The van der Waals surface area contributed by atoms with E-state index in [4.69, 9.17) is 10.5 Å². The van der Waals surface area contributed by atoms with Gasteiger partial charge in [0.05, 0.1) is 0 Å². The molecule has 0 aromatic heterocycles. The summed E-state index contributed by atoms with van der Waals surface area (Å²) in [6, 6.07) is 17.0. The molecule has 0 amide bonds. The van der Waals surface area contributed by atoms with Crippen LogP contribution in [-0.2, 0) is 22.6 Å². The van der Waals surface area contributed by atoms with Crippen LogP contribution in [0.3, 0.4) is 0 Å². The molecule has 0 radical (unpaired) electrons. The first kappa shape index (κ1) is 15.6. The molecular formula is C17H19NO2S. The van der Waals surface area contributed by atoms with Gasteiger partial charge in [0.25, 0.3) is 0 Å². The van der Waals surface area contributed by atoms with Crippen molar-refractivity contribution in [3.8, 4) is 0 Å². The van der Waals surface area contributed by atoms with E-state index in [1.165, 1.54) is 4.90 Å². The van der Waals surface area contributed by atoms with E-state index in [0.717, 1.165) is 11.1 Å². The third-order valence-electron chi connectivity index (χ3n) is 3.14. The van der Waals surface area contributed by atoms with E-state index in [0.29, 0.717) is 6.42 Å². The fourth-order valence-corrected chi connectivity index (χ4v) is 2.34. The zero-order chi connectivity index (χ0) is 15.1. The fourth-order valence-electron chi connectivity index (χ4n) is 1.93. The van der Waals surface area contributed by atoms with Crippen LogP contribution >= 0.6 is 11.8 Å². The van der Waals surface area contributed by atoms with E-state index < -0.39 is 6.04 Å². The monoisotopic (exact) mass is 301 g/mol. The molecule has 2 aromatic carbocycles. The number of esters is 1. The van der Waals surface area contributed by atoms with Crippen molar-refractivity contribution in [1.82, 2.24) is 0 Å². The zero-order valence-electron chi connectivity index (χ0n) is 12.0. The minimum absolute atomic E-state index is 0.263. The van der Waals surface area contributed by atoms with Gasteiger partial charge in [-0.25, -0.2) is 0 Å². The normalized spacial score (nSPS) is 11.9. The van der Waals surface area contributed by atoms with E-state index in [2.05, 4.69) is 0 Å². The highest BCUT2D eigenvalue weighted by molar-refractivity contribution is 7.98. The molecule has 0 fully saturated rings. The van der Waals surface area contributed by atoms with Crippen LogP contribution in [0.25, 0.3) is 0 Å². The molecule has 1 unspecified atom stereocenters. The maximum Gasteiger partial charge on any atom is 0.323 e. The van der Waals surface area contributed by atoms with Gasteiger partial charge in [-0.2, -0.15) is 0 Å². The molecule has 0 saturated heterocycles. The van der Waals surface area contributed by atoms with Crippen molar-refractivity contribution in [2.24, 2.45) is 5.73 Å². The van der Waals surface area contributed by atoms with Crippen molar-refractivity contribution < 1.29 is 9.53 Å². The second kappa shape index (κ2) is 7.86.